The molecular weight excluding hydrogens is 512 g/mol. The van der Waals surface area contributed by atoms with Crippen LogP contribution in [0.2, 0.25) is 0 Å². The van der Waals surface area contributed by atoms with Crippen LogP contribution in [0.1, 0.15) is 37.7 Å². The van der Waals surface area contributed by atoms with Gasteiger partial charge in [-0.2, -0.15) is 5.10 Å². The summed E-state index contributed by atoms with van der Waals surface area (Å²) in [5, 5.41) is 6.91. The topological polar surface area (TPSA) is 136 Å². The molecule has 1 aliphatic carbocycles. The quantitative estimate of drug-likeness (QED) is 0.308. The highest BCUT2D eigenvalue weighted by atomic mass is 32.2. The van der Waals surface area contributed by atoms with Crippen molar-refractivity contribution in [1.29, 1.82) is 0 Å². The minimum absolute atomic E-state index is 0.0606. The van der Waals surface area contributed by atoms with Gasteiger partial charge in [0.15, 0.2) is 6.61 Å². The maximum absolute atomic E-state index is 12.5. The number of rotatable bonds is 12. The lowest BCUT2D eigenvalue weighted by Crippen LogP contribution is -2.39. The molecule has 2 N–H and O–H groups in total. The second-order valence-corrected chi connectivity index (χ2v) is 10.8. The number of hydrogen-bond donors (Lipinski definition) is 2. The average molecular weight is 547 g/mol. The summed E-state index contributed by atoms with van der Waals surface area (Å²) in [4.78, 5) is 24.6. The summed E-state index contributed by atoms with van der Waals surface area (Å²) in [5.41, 5.74) is 3.16. The van der Waals surface area contributed by atoms with Crippen LogP contribution in [0, 0.1) is 0 Å². The van der Waals surface area contributed by atoms with Crippen LogP contribution in [-0.2, 0) is 19.6 Å². The van der Waals surface area contributed by atoms with Crippen molar-refractivity contribution in [3.8, 4) is 17.2 Å². The van der Waals surface area contributed by atoms with Crippen LogP contribution in [0.4, 0.5) is 5.69 Å². The van der Waals surface area contributed by atoms with E-state index in [9.17, 15) is 18.0 Å². The van der Waals surface area contributed by atoms with Gasteiger partial charge in [-0.1, -0.05) is 19.3 Å². The third kappa shape index (κ3) is 8.65. The monoisotopic (exact) mass is 546 g/mol. The summed E-state index contributed by atoms with van der Waals surface area (Å²) in [5.74, 6) is 0.410. The number of amides is 2. The van der Waals surface area contributed by atoms with Gasteiger partial charge in [0, 0.05) is 12.1 Å². The number of hydrogen-bond acceptors (Lipinski definition) is 8. The van der Waals surface area contributed by atoms with Gasteiger partial charge in [0.25, 0.3) is 11.8 Å². The highest BCUT2D eigenvalue weighted by Gasteiger charge is 2.24. The summed E-state index contributed by atoms with van der Waals surface area (Å²) >= 11 is 0. The van der Waals surface area contributed by atoms with Crippen LogP contribution < -0.4 is 29.3 Å². The number of carbonyl (C=O) groups is 2. The maximum atomic E-state index is 12.5. The molecule has 0 aliphatic heterocycles. The molecule has 1 aliphatic rings. The number of anilines is 1. The summed E-state index contributed by atoms with van der Waals surface area (Å²) in [6, 6.07) is 11.7. The predicted molar refractivity (Wildman–Crippen MR) is 144 cm³/mol. The fourth-order valence-electron chi connectivity index (χ4n) is 4.03. The third-order valence-corrected chi connectivity index (χ3v) is 7.09. The van der Waals surface area contributed by atoms with Gasteiger partial charge < -0.3 is 19.5 Å². The van der Waals surface area contributed by atoms with Gasteiger partial charge in [-0.15, -0.1) is 0 Å². The molecule has 1 saturated carbocycles. The van der Waals surface area contributed by atoms with Crippen molar-refractivity contribution in [3.05, 3.63) is 48.0 Å². The van der Waals surface area contributed by atoms with Gasteiger partial charge in [0.05, 0.1) is 32.4 Å². The first-order valence-corrected chi connectivity index (χ1v) is 14.1. The molecule has 0 unspecified atom stereocenters. The second-order valence-electron chi connectivity index (χ2n) is 8.86. The summed E-state index contributed by atoms with van der Waals surface area (Å²) < 4.78 is 41.8. The van der Waals surface area contributed by atoms with E-state index in [2.05, 4.69) is 15.8 Å². The molecule has 1 fully saturated rings. The Labute approximate surface area is 223 Å². The van der Waals surface area contributed by atoms with Gasteiger partial charge in [-0.3, -0.25) is 13.9 Å². The molecule has 0 atom stereocenters. The molecule has 3 rings (SSSR count). The van der Waals surface area contributed by atoms with E-state index in [-0.39, 0.29) is 30.0 Å². The van der Waals surface area contributed by atoms with Crippen LogP contribution in [0.3, 0.4) is 0 Å². The van der Waals surface area contributed by atoms with Crippen molar-refractivity contribution >= 4 is 33.7 Å². The van der Waals surface area contributed by atoms with E-state index >= 15 is 0 Å². The zero-order chi connectivity index (χ0) is 27.5. The molecule has 0 radical (unpaired) electrons. The summed E-state index contributed by atoms with van der Waals surface area (Å²) in [7, 11) is -0.979. The zero-order valence-electron chi connectivity index (χ0n) is 21.8. The molecule has 38 heavy (non-hydrogen) atoms. The molecule has 2 aromatic rings. The molecule has 2 aromatic carbocycles. The molecule has 0 aromatic heterocycles. The fraction of sp³-hybridized carbons (Fsp3) is 0.423. The smallest absolute Gasteiger partial charge is 0.260 e. The lowest BCUT2D eigenvalue weighted by atomic mass is 9.95. The number of hydrazone groups is 1. The number of sulfonamides is 1. The lowest BCUT2D eigenvalue weighted by Gasteiger charge is -2.23. The molecule has 2 amide bonds. The first-order valence-electron chi connectivity index (χ1n) is 12.2. The SMILES string of the molecule is COc1ccc(OC)c(N(CC(=O)N/N=C\c2ccc(OCC(=O)NC3CCCCC3)cc2)S(C)(=O)=O)c1. The molecule has 0 heterocycles. The maximum Gasteiger partial charge on any atom is 0.260 e. The molecule has 11 nitrogen and oxygen atoms in total. The van der Waals surface area contributed by atoms with Crippen molar-refractivity contribution in [2.75, 3.05) is 37.9 Å². The Balaban J connectivity index is 1.53. The first-order chi connectivity index (χ1) is 18.2. The number of methoxy groups -OCH3 is 2. The third-order valence-electron chi connectivity index (χ3n) is 5.97. The van der Waals surface area contributed by atoms with Gasteiger partial charge >= 0.3 is 0 Å². The number of nitrogens with zero attached hydrogens (tertiary/aromatic N) is 2. The van der Waals surface area contributed by atoms with Crippen molar-refractivity contribution in [2.24, 2.45) is 5.10 Å². The standard InChI is InChI=1S/C26H34N4O7S/c1-35-22-13-14-24(36-2)23(15-22)30(38(3,33)34)17-25(31)29-27-16-19-9-11-21(12-10-19)37-18-26(32)28-20-7-5-4-6-8-20/h9-16,20H,4-8,17-18H2,1-3H3,(H,28,32)(H,29,31)/b27-16-. The number of nitrogens with one attached hydrogen (secondary N) is 2. The lowest BCUT2D eigenvalue weighted by molar-refractivity contribution is -0.124. The van der Waals surface area contributed by atoms with Crippen LogP contribution in [0.15, 0.2) is 47.6 Å². The molecule has 12 heteroatoms. The molecular formula is C26H34N4O7S. The van der Waals surface area contributed by atoms with Crippen molar-refractivity contribution < 1.29 is 32.2 Å². The van der Waals surface area contributed by atoms with E-state index in [0.29, 0.717) is 17.1 Å². The van der Waals surface area contributed by atoms with Gasteiger partial charge in [0.2, 0.25) is 10.0 Å². The van der Waals surface area contributed by atoms with Crippen molar-refractivity contribution in [1.82, 2.24) is 10.7 Å². The van der Waals surface area contributed by atoms with Crippen molar-refractivity contribution in [2.45, 2.75) is 38.1 Å². The van der Waals surface area contributed by atoms with Crippen LogP contribution in [0.25, 0.3) is 0 Å². The van der Waals surface area contributed by atoms with Crippen LogP contribution in [0.5, 0.6) is 17.2 Å². The largest absolute Gasteiger partial charge is 0.497 e. The fourth-order valence-corrected chi connectivity index (χ4v) is 4.88. The predicted octanol–water partition coefficient (Wildman–Crippen LogP) is 2.45. The Morgan fingerprint density at radius 2 is 1.68 bits per heavy atom. The molecule has 0 saturated heterocycles. The average Bonchev–Trinajstić information content (AvgIpc) is 2.91. The minimum atomic E-state index is -3.83. The van der Waals surface area contributed by atoms with Gasteiger partial charge in [0.1, 0.15) is 23.8 Å². The summed E-state index contributed by atoms with van der Waals surface area (Å²) in [6.07, 6.45) is 7.93. The van der Waals surface area contributed by atoms with Crippen LogP contribution >= 0.6 is 0 Å². The zero-order valence-corrected chi connectivity index (χ0v) is 22.6. The number of ether oxygens (including phenoxy) is 3. The van der Waals surface area contributed by atoms with E-state index < -0.39 is 22.5 Å². The Morgan fingerprint density at radius 3 is 2.32 bits per heavy atom. The van der Waals surface area contributed by atoms with Gasteiger partial charge in [-0.25, -0.2) is 13.8 Å². The highest BCUT2D eigenvalue weighted by Crippen LogP contribution is 2.33. The minimum Gasteiger partial charge on any atom is -0.497 e. The van der Waals surface area contributed by atoms with E-state index in [0.717, 1.165) is 36.2 Å². The first kappa shape index (κ1) is 28.8. The Morgan fingerprint density at radius 1 is 1.00 bits per heavy atom. The Hall–Kier alpha value is -3.80. The Kier molecular flexibility index (Phi) is 10.3. The normalized spacial score (nSPS) is 14.1. The van der Waals surface area contributed by atoms with E-state index in [1.807, 2.05) is 0 Å². The van der Waals surface area contributed by atoms with E-state index in [1.165, 1.54) is 32.9 Å². The second kappa shape index (κ2) is 13.7. The van der Waals surface area contributed by atoms with Gasteiger partial charge in [-0.05, 0) is 54.8 Å². The molecule has 0 spiro atoms. The Bertz CT molecular complexity index is 1230. The number of carbonyl (C=O) groups excluding carboxylic acids is 2. The van der Waals surface area contributed by atoms with E-state index in [1.54, 1.807) is 36.4 Å². The van der Waals surface area contributed by atoms with Crippen LogP contribution in [-0.4, -0.2) is 66.1 Å². The molecule has 206 valence electrons. The summed E-state index contributed by atoms with van der Waals surface area (Å²) in [6.45, 7) is -0.579. The van der Waals surface area contributed by atoms with E-state index in [4.69, 9.17) is 14.2 Å². The molecule has 0 bridgehead atoms. The van der Waals surface area contributed by atoms with Crippen molar-refractivity contribution in [3.63, 3.8) is 0 Å². The highest BCUT2D eigenvalue weighted by molar-refractivity contribution is 7.92. The number of benzene rings is 2.